The van der Waals surface area contributed by atoms with Gasteiger partial charge in [-0.2, -0.15) is 0 Å². The number of carbonyl (C=O) groups excluding carboxylic acids is 1. The Kier molecular flexibility index (Phi) is 3.55. The van der Waals surface area contributed by atoms with Gasteiger partial charge in [0.2, 0.25) is 0 Å². The van der Waals surface area contributed by atoms with Crippen LogP contribution in [0.15, 0.2) is 6.20 Å². The fraction of sp³-hybridized carbons (Fsp3) is 0.500. The maximum Gasteiger partial charge on any atom is 0.360 e. The van der Waals surface area contributed by atoms with Gasteiger partial charge in [0.05, 0.1) is 19.9 Å². The van der Waals surface area contributed by atoms with E-state index < -0.39 is 11.1 Å². The Hall–Kier alpha value is -2.19. The van der Waals surface area contributed by atoms with Gasteiger partial charge in [-0.3, -0.25) is 0 Å². The minimum atomic E-state index is -0.905. The first-order chi connectivity index (χ1) is 7.13. The quantitative estimate of drug-likeness (QED) is 0.362. The summed E-state index contributed by atoms with van der Waals surface area (Å²) >= 11 is 0. The standard InChI is InChI=1S/C6H8N4O5/c1-14-6(11)5-4-9(8-7-5)2-3-15-10(12)13/h4H,2-3H2,1H3. The molecule has 1 heterocycles. The Morgan fingerprint density at radius 1 is 1.73 bits per heavy atom. The molecule has 0 bridgehead atoms. The van der Waals surface area contributed by atoms with Gasteiger partial charge in [-0.25, -0.2) is 9.48 Å². The van der Waals surface area contributed by atoms with E-state index in [2.05, 4.69) is 19.9 Å². The molecule has 15 heavy (non-hydrogen) atoms. The third-order valence-electron chi connectivity index (χ3n) is 1.45. The monoisotopic (exact) mass is 216 g/mol. The molecule has 0 amide bonds. The third-order valence-corrected chi connectivity index (χ3v) is 1.45. The number of esters is 1. The van der Waals surface area contributed by atoms with Gasteiger partial charge in [0.25, 0.3) is 5.09 Å². The topological polar surface area (TPSA) is 109 Å². The van der Waals surface area contributed by atoms with Crippen LogP contribution in [0.5, 0.6) is 0 Å². The summed E-state index contributed by atoms with van der Waals surface area (Å²) in [5.74, 6) is -0.614. The summed E-state index contributed by atoms with van der Waals surface area (Å²) in [4.78, 5) is 24.8. The number of hydrogen-bond donors (Lipinski definition) is 0. The number of aromatic nitrogens is 3. The van der Waals surface area contributed by atoms with Crippen LogP contribution in [0.25, 0.3) is 0 Å². The molecular weight excluding hydrogens is 208 g/mol. The lowest BCUT2D eigenvalue weighted by Gasteiger charge is -1.97. The zero-order valence-electron chi connectivity index (χ0n) is 7.82. The molecule has 0 aliphatic heterocycles. The molecule has 9 nitrogen and oxygen atoms in total. The molecule has 0 saturated heterocycles. The highest BCUT2D eigenvalue weighted by molar-refractivity contribution is 5.86. The maximum absolute atomic E-state index is 10.9. The molecule has 0 saturated carbocycles. The second-order valence-corrected chi connectivity index (χ2v) is 2.42. The van der Waals surface area contributed by atoms with Crippen LogP contribution in [0, 0.1) is 10.1 Å². The summed E-state index contributed by atoms with van der Waals surface area (Å²) in [7, 11) is 1.22. The highest BCUT2D eigenvalue weighted by atomic mass is 16.9. The fourth-order valence-corrected chi connectivity index (χ4v) is 0.815. The number of carbonyl (C=O) groups is 1. The summed E-state index contributed by atoms with van der Waals surface area (Å²) in [6.45, 7) is -0.0258. The van der Waals surface area contributed by atoms with Crippen LogP contribution in [-0.2, 0) is 16.1 Å². The Balaban J connectivity index is 2.46. The molecule has 1 aromatic rings. The van der Waals surface area contributed by atoms with Crippen molar-refractivity contribution >= 4 is 5.97 Å². The Labute approximate surface area is 83.7 Å². The van der Waals surface area contributed by atoms with Gasteiger partial charge in [0.15, 0.2) is 5.69 Å². The van der Waals surface area contributed by atoms with Gasteiger partial charge < -0.3 is 9.57 Å². The van der Waals surface area contributed by atoms with Gasteiger partial charge in [-0.05, 0) is 0 Å². The van der Waals surface area contributed by atoms with Crippen LogP contribution in [0.2, 0.25) is 0 Å². The summed E-state index contributed by atoms with van der Waals surface area (Å²) < 4.78 is 5.64. The van der Waals surface area contributed by atoms with Gasteiger partial charge in [0.1, 0.15) is 6.61 Å². The SMILES string of the molecule is COC(=O)c1cn(CCO[N+](=O)[O-])nn1. The van der Waals surface area contributed by atoms with Crippen LogP contribution in [0.4, 0.5) is 0 Å². The summed E-state index contributed by atoms with van der Waals surface area (Å²) in [5.41, 5.74) is 0.0404. The molecule has 0 spiro atoms. The van der Waals surface area contributed by atoms with Crippen molar-refractivity contribution in [2.45, 2.75) is 6.54 Å². The highest BCUT2D eigenvalue weighted by Crippen LogP contribution is 1.95. The average molecular weight is 216 g/mol. The minimum Gasteiger partial charge on any atom is -0.464 e. The van der Waals surface area contributed by atoms with Crippen molar-refractivity contribution in [1.82, 2.24) is 15.0 Å². The second-order valence-electron chi connectivity index (χ2n) is 2.42. The first kappa shape index (κ1) is 10.9. The lowest BCUT2D eigenvalue weighted by atomic mass is 10.5. The van der Waals surface area contributed by atoms with Crippen LogP contribution in [0.1, 0.15) is 10.5 Å². The molecule has 0 aromatic carbocycles. The largest absolute Gasteiger partial charge is 0.464 e. The average Bonchev–Trinajstić information content (AvgIpc) is 2.65. The zero-order chi connectivity index (χ0) is 11.3. The molecule has 0 aliphatic carbocycles. The van der Waals surface area contributed by atoms with Crippen molar-refractivity contribution in [1.29, 1.82) is 0 Å². The van der Waals surface area contributed by atoms with Crippen LogP contribution in [0.3, 0.4) is 0 Å². The molecule has 0 aliphatic rings. The predicted octanol–water partition coefficient (Wildman–Crippen LogP) is -0.727. The smallest absolute Gasteiger partial charge is 0.360 e. The van der Waals surface area contributed by atoms with Gasteiger partial charge >= 0.3 is 5.97 Å². The number of methoxy groups -OCH3 is 1. The Morgan fingerprint density at radius 2 is 2.47 bits per heavy atom. The number of nitrogens with zero attached hydrogens (tertiary/aromatic N) is 4. The van der Waals surface area contributed by atoms with Crippen molar-refractivity contribution in [3.8, 4) is 0 Å². The molecule has 9 heteroatoms. The molecule has 1 aromatic heterocycles. The van der Waals surface area contributed by atoms with Crippen molar-refractivity contribution in [3.05, 3.63) is 22.0 Å². The van der Waals surface area contributed by atoms with E-state index in [1.54, 1.807) is 0 Å². The molecule has 0 radical (unpaired) electrons. The Morgan fingerprint density at radius 3 is 3.07 bits per heavy atom. The number of ether oxygens (including phenoxy) is 1. The van der Waals surface area contributed by atoms with E-state index in [0.29, 0.717) is 0 Å². The molecule has 0 fully saturated rings. The van der Waals surface area contributed by atoms with Crippen molar-refractivity contribution in [2.24, 2.45) is 0 Å². The molecule has 0 atom stereocenters. The van der Waals surface area contributed by atoms with E-state index >= 15 is 0 Å². The highest BCUT2D eigenvalue weighted by Gasteiger charge is 2.10. The van der Waals surface area contributed by atoms with E-state index in [0.717, 1.165) is 0 Å². The van der Waals surface area contributed by atoms with Crippen LogP contribution < -0.4 is 0 Å². The predicted molar refractivity (Wildman–Crippen MR) is 44.3 cm³/mol. The van der Waals surface area contributed by atoms with Gasteiger partial charge in [-0.15, -0.1) is 15.2 Å². The fourth-order valence-electron chi connectivity index (χ4n) is 0.815. The van der Waals surface area contributed by atoms with E-state index in [1.807, 2.05) is 0 Å². The summed E-state index contributed by atoms with van der Waals surface area (Å²) in [6.07, 6.45) is 1.31. The van der Waals surface area contributed by atoms with E-state index in [-0.39, 0.29) is 18.8 Å². The number of hydrogen-bond acceptors (Lipinski definition) is 7. The molecular formula is C6H8N4O5. The third kappa shape index (κ3) is 3.21. The van der Waals surface area contributed by atoms with Crippen molar-refractivity contribution in [3.63, 3.8) is 0 Å². The van der Waals surface area contributed by atoms with Gasteiger partial charge in [0, 0.05) is 0 Å². The van der Waals surface area contributed by atoms with Crippen molar-refractivity contribution in [2.75, 3.05) is 13.7 Å². The molecule has 0 N–H and O–H groups in total. The summed E-state index contributed by atoms with van der Waals surface area (Å²) in [5, 5.41) is 16.0. The van der Waals surface area contributed by atoms with Gasteiger partial charge in [-0.1, -0.05) is 5.21 Å². The maximum atomic E-state index is 10.9. The summed E-state index contributed by atoms with van der Waals surface area (Å²) in [6, 6.07) is 0. The number of rotatable bonds is 5. The van der Waals surface area contributed by atoms with Crippen LogP contribution in [-0.4, -0.2) is 39.8 Å². The second kappa shape index (κ2) is 4.88. The lowest BCUT2D eigenvalue weighted by molar-refractivity contribution is -0.758. The first-order valence-electron chi connectivity index (χ1n) is 3.89. The molecule has 0 unspecified atom stereocenters. The van der Waals surface area contributed by atoms with E-state index in [1.165, 1.54) is 18.0 Å². The Bertz CT molecular complexity index is 362. The molecule has 82 valence electrons. The first-order valence-corrected chi connectivity index (χ1v) is 3.89. The normalized spacial score (nSPS) is 9.67. The minimum absolute atomic E-state index is 0.0404. The zero-order valence-corrected chi connectivity index (χ0v) is 7.82. The van der Waals surface area contributed by atoms with E-state index in [4.69, 9.17) is 0 Å². The van der Waals surface area contributed by atoms with Crippen molar-refractivity contribution < 1.29 is 19.5 Å². The van der Waals surface area contributed by atoms with E-state index in [9.17, 15) is 14.9 Å². The molecule has 1 rings (SSSR count). The van der Waals surface area contributed by atoms with Crippen LogP contribution >= 0.6 is 0 Å². The lowest BCUT2D eigenvalue weighted by Crippen LogP contribution is -2.10.